The molecule has 0 aromatic carbocycles. The predicted molar refractivity (Wildman–Crippen MR) is 343 cm³/mol. The first-order valence-electron chi connectivity index (χ1n) is 32.3. The summed E-state index contributed by atoms with van der Waals surface area (Å²) in [5.74, 6) is -1.02. The van der Waals surface area contributed by atoms with Gasteiger partial charge in [-0.1, -0.05) is 269 Å². The number of ether oxygens (including phenoxy) is 3. The van der Waals surface area contributed by atoms with Gasteiger partial charge in [0.25, 0.3) is 0 Å². The van der Waals surface area contributed by atoms with Crippen molar-refractivity contribution in [1.29, 1.82) is 0 Å². The van der Waals surface area contributed by atoms with Crippen molar-refractivity contribution in [2.75, 3.05) is 13.2 Å². The zero-order chi connectivity index (χ0) is 57.1. The summed E-state index contributed by atoms with van der Waals surface area (Å²) in [4.78, 5) is 38.3. The molecule has 0 saturated carbocycles. The van der Waals surface area contributed by atoms with Crippen LogP contribution in [0.5, 0.6) is 0 Å². The second kappa shape index (κ2) is 65.8. The van der Waals surface area contributed by atoms with Crippen LogP contribution in [0.4, 0.5) is 0 Å². The van der Waals surface area contributed by atoms with Crippen molar-refractivity contribution in [3.8, 4) is 0 Å². The average molecular weight is 1090 g/mol. The summed E-state index contributed by atoms with van der Waals surface area (Å²) in [5.41, 5.74) is 0. The molecule has 446 valence electrons. The lowest BCUT2D eigenvalue weighted by Gasteiger charge is -2.18. The highest BCUT2D eigenvalue weighted by Gasteiger charge is 2.19. The van der Waals surface area contributed by atoms with E-state index >= 15 is 0 Å². The lowest BCUT2D eigenvalue weighted by Crippen LogP contribution is -2.30. The molecule has 0 rings (SSSR count). The molecule has 1 atom stereocenters. The standard InChI is InChI=1S/C73H118O6/c1-4-7-10-13-16-19-22-25-28-30-32-34-36-38-40-42-45-48-51-54-57-60-63-66-72(75)78-69-70(68-77-71(74)65-62-59-56-53-50-47-44-27-24-21-18-15-12-9-6-3)79-73(76)67-64-61-58-55-52-49-46-43-41-39-37-35-33-31-29-26-23-20-17-14-11-8-5-2/h7,9-10,12,16,18-19,21,25,27-28,31-34,38,40,44-45,48,50,53-54,57,70H,4-6,8,11,13-15,17,20,22-24,26,29-30,35-37,39,41-43,46-47,49,51-52,55-56,58-69H2,1-3H3/b10-7-,12-9-,19-16-,21-18-,28-25-,33-31-,34-32-,40-38-,44-27-,48-45-,53-50-,57-54-. The largest absolute Gasteiger partial charge is 0.462 e. The summed E-state index contributed by atoms with van der Waals surface area (Å²) in [6.45, 7) is 6.33. The van der Waals surface area contributed by atoms with Gasteiger partial charge in [-0.3, -0.25) is 14.4 Å². The van der Waals surface area contributed by atoms with E-state index in [2.05, 4.69) is 167 Å². The molecule has 0 aliphatic rings. The van der Waals surface area contributed by atoms with Gasteiger partial charge >= 0.3 is 17.9 Å². The van der Waals surface area contributed by atoms with Crippen LogP contribution in [-0.2, 0) is 28.6 Å². The van der Waals surface area contributed by atoms with Crippen molar-refractivity contribution in [1.82, 2.24) is 0 Å². The number of rotatable bonds is 57. The molecule has 0 aromatic heterocycles. The molecule has 0 bridgehead atoms. The Morgan fingerprint density at radius 3 is 0.861 bits per heavy atom. The Hall–Kier alpha value is -4.71. The highest BCUT2D eigenvalue weighted by atomic mass is 16.6. The first-order valence-corrected chi connectivity index (χ1v) is 32.3. The molecule has 0 saturated heterocycles. The van der Waals surface area contributed by atoms with E-state index < -0.39 is 6.10 Å². The number of carbonyl (C=O) groups excluding carboxylic acids is 3. The first kappa shape index (κ1) is 74.3. The zero-order valence-corrected chi connectivity index (χ0v) is 51.1. The van der Waals surface area contributed by atoms with Gasteiger partial charge in [0.05, 0.1) is 0 Å². The lowest BCUT2D eigenvalue weighted by molar-refractivity contribution is -0.167. The van der Waals surface area contributed by atoms with Crippen molar-refractivity contribution in [2.45, 2.75) is 284 Å². The molecule has 0 amide bonds. The van der Waals surface area contributed by atoms with Crippen LogP contribution in [0.25, 0.3) is 0 Å². The summed E-state index contributed by atoms with van der Waals surface area (Å²) >= 11 is 0. The lowest BCUT2D eigenvalue weighted by atomic mass is 10.0. The molecule has 0 aliphatic heterocycles. The third-order valence-electron chi connectivity index (χ3n) is 13.3. The van der Waals surface area contributed by atoms with Crippen LogP contribution in [0, 0.1) is 0 Å². The minimum absolute atomic E-state index is 0.123. The van der Waals surface area contributed by atoms with E-state index in [0.717, 1.165) is 109 Å². The Morgan fingerprint density at radius 1 is 0.266 bits per heavy atom. The van der Waals surface area contributed by atoms with Crippen LogP contribution in [0.2, 0.25) is 0 Å². The third kappa shape index (κ3) is 64.0. The highest BCUT2D eigenvalue weighted by Crippen LogP contribution is 2.15. The van der Waals surface area contributed by atoms with Gasteiger partial charge in [-0.2, -0.15) is 0 Å². The number of unbranched alkanes of at least 4 members (excludes halogenated alkanes) is 22. The highest BCUT2D eigenvalue weighted by molar-refractivity contribution is 5.71. The molecule has 6 nitrogen and oxygen atoms in total. The van der Waals surface area contributed by atoms with Crippen LogP contribution >= 0.6 is 0 Å². The number of esters is 3. The normalized spacial score (nSPS) is 13.1. The number of allylic oxidation sites excluding steroid dienone is 24. The molecule has 6 heteroatoms. The van der Waals surface area contributed by atoms with Gasteiger partial charge in [0.1, 0.15) is 13.2 Å². The Labute approximate surface area is 487 Å². The quantitative estimate of drug-likeness (QED) is 0.0261. The fourth-order valence-electron chi connectivity index (χ4n) is 8.54. The minimum Gasteiger partial charge on any atom is -0.462 e. The van der Waals surface area contributed by atoms with E-state index in [4.69, 9.17) is 14.2 Å². The third-order valence-corrected chi connectivity index (χ3v) is 13.3. The van der Waals surface area contributed by atoms with Crippen molar-refractivity contribution in [3.63, 3.8) is 0 Å². The molecule has 0 radical (unpaired) electrons. The molecule has 0 N–H and O–H groups in total. The van der Waals surface area contributed by atoms with Gasteiger partial charge in [-0.15, -0.1) is 0 Å². The summed E-state index contributed by atoms with van der Waals surface area (Å²) in [7, 11) is 0. The fourth-order valence-corrected chi connectivity index (χ4v) is 8.54. The SMILES string of the molecule is CC/C=C\C/C=C\C/C=C\C/C=C\C/C=C\C/C=C\C/C=C\CCCC(=O)OCC(COC(=O)CCCC/C=C\C/C=C\C/C=C\C/C=C\CC)OC(=O)CCCCCCCCCCCCC/C=C\CCCCCCCCCC. The van der Waals surface area contributed by atoms with Gasteiger partial charge < -0.3 is 14.2 Å². The maximum atomic E-state index is 12.9. The fraction of sp³-hybridized carbons (Fsp3) is 0.630. The first-order chi connectivity index (χ1) is 39.0. The molecule has 0 spiro atoms. The van der Waals surface area contributed by atoms with Gasteiger partial charge in [-0.25, -0.2) is 0 Å². The molecule has 0 aromatic rings. The summed E-state index contributed by atoms with van der Waals surface area (Å²) in [5, 5.41) is 0. The Bertz CT molecular complexity index is 1730. The van der Waals surface area contributed by atoms with Crippen molar-refractivity contribution >= 4 is 17.9 Å². The number of hydrogen-bond donors (Lipinski definition) is 0. The summed E-state index contributed by atoms with van der Waals surface area (Å²) < 4.78 is 16.8. The van der Waals surface area contributed by atoms with E-state index in [0.29, 0.717) is 25.7 Å². The van der Waals surface area contributed by atoms with Crippen LogP contribution in [0.3, 0.4) is 0 Å². The monoisotopic (exact) mass is 1090 g/mol. The smallest absolute Gasteiger partial charge is 0.306 e. The number of carbonyl (C=O) groups is 3. The summed E-state index contributed by atoms with van der Waals surface area (Å²) in [6.07, 6.45) is 94.4. The van der Waals surface area contributed by atoms with Crippen LogP contribution in [0.15, 0.2) is 146 Å². The van der Waals surface area contributed by atoms with E-state index in [-0.39, 0.29) is 37.5 Å². The van der Waals surface area contributed by atoms with Crippen LogP contribution < -0.4 is 0 Å². The molecular weight excluding hydrogens is 973 g/mol. The van der Waals surface area contributed by atoms with Gasteiger partial charge in [0, 0.05) is 19.3 Å². The van der Waals surface area contributed by atoms with Crippen LogP contribution in [0.1, 0.15) is 278 Å². The van der Waals surface area contributed by atoms with E-state index in [1.54, 1.807) is 0 Å². The van der Waals surface area contributed by atoms with E-state index in [1.165, 1.54) is 116 Å². The van der Waals surface area contributed by atoms with Gasteiger partial charge in [0.15, 0.2) is 6.10 Å². The summed E-state index contributed by atoms with van der Waals surface area (Å²) in [6, 6.07) is 0. The predicted octanol–water partition coefficient (Wildman–Crippen LogP) is 22.3. The molecule has 0 fully saturated rings. The Morgan fingerprint density at radius 2 is 0.506 bits per heavy atom. The maximum Gasteiger partial charge on any atom is 0.306 e. The van der Waals surface area contributed by atoms with Crippen molar-refractivity contribution in [2.24, 2.45) is 0 Å². The minimum atomic E-state index is -0.827. The van der Waals surface area contributed by atoms with Gasteiger partial charge in [0.2, 0.25) is 0 Å². The van der Waals surface area contributed by atoms with E-state index in [1.807, 2.05) is 0 Å². The molecule has 0 aliphatic carbocycles. The number of hydrogen-bond acceptors (Lipinski definition) is 6. The van der Waals surface area contributed by atoms with E-state index in [9.17, 15) is 14.4 Å². The Kier molecular flexibility index (Phi) is 61.9. The second-order valence-electron chi connectivity index (χ2n) is 20.9. The second-order valence-corrected chi connectivity index (χ2v) is 20.9. The molecular formula is C73H118O6. The molecule has 79 heavy (non-hydrogen) atoms. The Balaban J connectivity index is 4.51. The molecule has 1 unspecified atom stereocenters. The van der Waals surface area contributed by atoms with Crippen molar-refractivity contribution in [3.05, 3.63) is 146 Å². The maximum absolute atomic E-state index is 12.9. The molecule has 0 heterocycles. The van der Waals surface area contributed by atoms with Gasteiger partial charge in [-0.05, 0) is 135 Å². The topological polar surface area (TPSA) is 78.9 Å². The average Bonchev–Trinajstić information content (AvgIpc) is 3.45. The zero-order valence-electron chi connectivity index (χ0n) is 51.1. The van der Waals surface area contributed by atoms with Crippen molar-refractivity contribution < 1.29 is 28.6 Å². The van der Waals surface area contributed by atoms with Crippen LogP contribution in [-0.4, -0.2) is 37.2 Å².